The lowest BCUT2D eigenvalue weighted by molar-refractivity contribution is -0.143. The number of carbonyl (C=O) groups excluding carboxylic acids is 14. The highest BCUT2D eigenvalue weighted by atomic mass is 16.4. The van der Waals surface area contributed by atoms with Crippen LogP contribution in [0.1, 0.15) is 157 Å². The number of hydrogen-bond acceptors (Lipinski definition) is 22. The molecule has 4 aromatic rings. The Labute approximate surface area is 731 Å². The number of phenols is 1. The maximum Gasteiger partial charge on any atom is 0.326 e. The number of phenolic OH excluding ortho intramolecular Hbond substituents is 1. The number of rotatable bonds is 53. The normalized spacial score (nSPS) is 15.9. The third-order valence-corrected chi connectivity index (χ3v) is 20.9. The Bertz CT molecular complexity index is 4380. The number of benzene rings is 3. The van der Waals surface area contributed by atoms with Crippen molar-refractivity contribution in [2.24, 2.45) is 40.9 Å². The number of aliphatic hydroxyl groups excluding tert-OH is 2. The average Bonchev–Trinajstić information content (AvgIpc) is 1.74. The van der Waals surface area contributed by atoms with Crippen molar-refractivity contribution in [3.05, 3.63) is 102 Å². The minimum Gasteiger partial charge on any atom is -0.508 e. The number of unbranched alkanes of at least 4 members (excludes halogenated alkanes) is 1. The van der Waals surface area contributed by atoms with E-state index in [9.17, 15) is 102 Å². The predicted molar refractivity (Wildman–Crippen MR) is 462 cm³/mol. The third kappa shape index (κ3) is 34.3. The van der Waals surface area contributed by atoms with E-state index in [0.29, 0.717) is 30.4 Å². The molecule has 694 valence electrons. The molecule has 1 saturated heterocycles. The standard InChI is InChI=1S/C85H128N20O21/c1-44(2)36-60(98-72(113)55(87)38-50-20-12-11-13-21-50)76(117)100-63(40-52-41-91-56-23-15-14-22-54(52)56)73(114)92-42-66(109)105-35-19-26-65(105)80(121)94-57(25-18-34-90-85(88)89)74(115)93-48(9)71(112)97-61(37-45(3)4)77(118)102-68(46(5)6)81(122)95-58(31-32-67(110)111)75(116)104-70(49(10)107)83(124)101-64(43-106)79(120)99-62(39-51-27-29-53(108)30-28-51)78(119)103-69(47(7)8)82(123)96-59(84(125)126)24-16-17-33-86/h11-15,20-23,27-30,41,44-49,55,57-65,68-70,91,106-108H,16-19,24-26,31-40,42-43,86-87H2,1-10H3,(H,92,114)(H,93,115)(H,94,121)(H,95,122)(H,96,123)(H,97,112)(H,98,113)(H,99,120)(H,100,117)(H,101,124)(H,102,118)(H,103,119)(H,104,116)(H,110,111)(H,125,126)(H4,88,89,90)/t48-,49+,55-,57-,58-,59-,60-,61-,62-,63-,64-,65-,68-,69-,70-/m0/s1. The summed E-state index contributed by atoms with van der Waals surface area (Å²) in [7, 11) is 0. The van der Waals surface area contributed by atoms with E-state index in [1.54, 1.807) is 40.0 Å². The molecule has 0 radical (unpaired) electrons. The molecular weight excluding hydrogens is 1640 g/mol. The Balaban J connectivity index is 1.27. The van der Waals surface area contributed by atoms with Crippen LogP contribution in [-0.2, 0) is 96.0 Å². The van der Waals surface area contributed by atoms with E-state index >= 15 is 0 Å². The van der Waals surface area contributed by atoms with Crippen LogP contribution >= 0.6 is 0 Å². The molecule has 3 aromatic carbocycles. The van der Waals surface area contributed by atoms with Crippen molar-refractivity contribution in [1.29, 1.82) is 5.41 Å². The lowest BCUT2D eigenvalue weighted by Crippen LogP contribution is -2.63. The lowest BCUT2D eigenvalue weighted by Gasteiger charge is -2.30. The number of H-pyrrole nitrogens is 1. The van der Waals surface area contributed by atoms with Gasteiger partial charge in [-0.05, 0) is 150 Å². The van der Waals surface area contributed by atoms with Gasteiger partial charge in [-0.15, -0.1) is 0 Å². The number of nitrogens with one attached hydrogen (secondary N) is 16. The van der Waals surface area contributed by atoms with Gasteiger partial charge >= 0.3 is 11.9 Å². The number of carboxylic acid groups (broad SMARTS) is 2. The van der Waals surface area contributed by atoms with Gasteiger partial charge in [0.05, 0.1) is 25.3 Å². The summed E-state index contributed by atoms with van der Waals surface area (Å²) in [6.45, 7) is 14.2. The number of guanidine groups is 1. The third-order valence-electron chi connectivity index (χ3n) is 20.9. The van der Waals surface area contributed by atoms with Crippen LogP contribution in [0.3, 0.4) is 0 Å². The van der Waals surface area contributed by atoms with Crippen LogP contribution in [-0.4, -0.2) is 259 Å². The molecule has 1 aliphatic heterocycles. The minimum absolute atomic E-state index is 0.0213. The zero-order chi connectivity index (χ0) is 93.8. The summed E-state index contributed by atoms with van der Waals surface area (Å²) >= 11 is 0. The molecule has 1 aliphatic rings. The Morgan fingerprint density at radius 2 is 0.984 bits per heavy atom. The fourth-order valence-electron chi connectivity index (χ4n) is 14.0. The first-order valence-corrected chi connectivity index (χ1v) is 42.4. The van der Waals surface area contributed by atoms with Gasteiger partial charge in [0.2, 0.25) is 82.7 Å². The van der Waals surface area contributed by atoms with Crippen LogP contribution in [0.4, 0.5) is 0 Å². The Hall–Kier alpha value is -12.4. The topological polar surface area (TPSA) is 664 Å². The Morgan fingerprint density at radius 1 is 0.500 bits per heavy atom. The summed E-state index contributed by atoms with van der Waals surface area (Å²) in [6.07, 6.45) is -0.382. The number of aromatic hydroxyl groups is 1. The fraction of sp³-hybridized carbons (Fsp3) is 0.565. The summed E-state index contributed by atoms with van der Waals surface area (Å²) in [6, 6.07) is 1.17. The SMILES string of the molecule is CC(C)C[C@H](NC(=O)[C@H](C)NC(=O)[C@H](CCCNC(=N)N)NC(=O)[C@@H]1CCCN1C(=O)CNC(=O)[C@H](Cc1c[nH]c2ccccc12)NC(=O)[C@H](CC(C)C)NC(=O)[C@@H](N)Cc1ccccc1)C(=O)N[C@H](C(=O)N[C@@H](CCC(=O)O)C(=O)N[C@H](C(=O)N[C@@H](CO)C(=O)N[C@@H](Cc1ccc(O)cc1)C(=O)N[C@H](C(=O)N[C@@H](CCCCN)C(=O)O)C(C)C)[C@@H](C)O)C(C)C. The molecule has 27 N–H and O–H groups in total. The van der Waals surface area contributed by atoms with Crippen molar-refractivity contribution in [3.63, 3.8) is 0 Å². The number of aromatic amines is 1. The zero-order valence-electron chi connectivity index (χ0n) is 72.9. The van der Waals surface area contributed by atoms with E-state index < -0.39 is 229 Å². The van der Waals surface area contributed by atoms with Gasteiger partial charge in [-0.2, -0.15) is 0 Å². The smallest absolute Gasteiger partial charge is 0.326 e. The van der Waals surface area contributed by atoms with Crippen LogP contribution in [0, 0.1) is 29.1 Å². The van der Waals surface area contributed by atoms with Crippen molar-refractivity contribution in [2.45, 2.75) is 250 Å². The van der Waals surface area contributed by atoms with Gasteiger partial charge in [0.1, 0.15) is 84.3 Å². The maximum absolute atomic E-state index is 14.4. The van der Waals surface area contributed by atoms with Gasteiger partial charge < -0.3 is 127 Å². The quantitative estimate of drug-likeness (QED) is 0.0121. The van der Waals surface area contributed by atoms with Gasteiger partial charge in [0.25, 0.3) is 0 Å². The molecule has 0 unspecified atom stereocenters. The van der Waals surface area contributed by atoms with Crippen molar-refractivity contribution >= 4 is 112 Å². The first-order valence-electron chi connectivity index (χ1n) is 42.4. The molecule has 1 aromatic heterocycles. The van der Waals surface area contributed by atoms with E-state index in [-0.39, 0.29) is 95.0 Å². The molecule has 1 fully saturated rings. The molecule has 0 aliphatic carbocycles. The van der Waals surface area contributed by atoms with E-state index in [1.165, 1.54) is 49.9 Å². The highest BCUT2D eigenvalue weighted by Crippen LogP contribution is 2.23. The molecule has 5 rings (SSSR count). The predicted octanol–water partition coefficient (Wildman–Crippen LogP) is -2.71. The molecule has 2 heterocycles. The van der Waals surface area contributed by atoms with Crippen molar-refractivity contribution < 1.29 is 102 Å². The first kappa shape index (κ1) is 104. The maximum atomic E-state index is 14.4. The van der Waals surface area contributed by atoms with Crippen LogP contribution in [0.15, 0.2) is 85.1 Å². The summed E-state index contributed by atoms with van der Waals surface area (Å²) in [5.41, 5.74) is 20.0. The first-order chi connectivity index (χ1) is 59.5. The Morgan fingerprint density at radius 3 is 1.55 bits per heavy atom. The largest absolute Gasteiger partial charge is 0.508 e. The average molecular weight is 1770 g/mol. The van der Waals surface area contributed by atoms with Crippen molar-refractivity contribution in [3.8, 4) is 5.75 Å². The number of carbonyl (C=O) groups is 16. The number of likely N-dealkylation sites (tertiary alicyclic amines) is 1. The molecule has 0 bridgehead atoms. The Kier molecular flexibility index (Phi) is 42.8. The second-order valence-electron chi connectivity index (χ2n) is 33.1. The summed E-state index contributed by atoms with van der Waals surface area (Å²) in [5, 5.41) is 95.0. The van der Waals surface area contributed by atoms with Gasteiger partial charge in [-0.1, -0.05) is 116 Å². The number of fused-ring (bicyclic) bond motifs is 1. The van der Waals surface area contributed by atoms with Crippen molar-refractivity contribution in [2.75, 3.05) is 32.8 Å². The summed E-state index contributed by atoms with van der Waals surface area (Å²) < 4.78 is 0. The molecule has 126 heavy (non-hydrogen) atoms. The van der Waals surface area contributed by atoms with Crippen LogP contribution in [0.25, 0.3) is 10.9 Å². The summed E-state index contributed by atoms with van der Waals surface area (Å²) in [4.78, 5) is 227. The number of para-hydroxylation sites is 1. The molecule has 41 nitrogen and oxygen atoms in total. The molecule has 15 atom stereocenters. The number of carboxylic acids is 2. The van der Waals surface area contributed by atoms with Crippen LogP contribution < -0.4 is 91.6 Å². The van der Waals surface area contributed by atoms with Gasteiger partial charge in [0, 0.05) is 49.5 Å². The summed E-state index contributed by atoms with van der Waals surface area (Å²) in [5.74, 6) is -18.3. The second-order valence-corrected chi connectivity index (χ2v) is 33.1. The monoisotopic (exact) mass is 1760 g/mol. The number of nitrogens with zero attached hydrogens (tertiary/aromatic N) is 1. The number of nitrogens with two attached hydrogens (primary N) is 3. The number of hydrogen-bond donors (Lipinski definition) is 24. The van der Waals surface area contributed by atoms with Crippen LogP contribution in [0.5, 0.6) is 5.75 Å². The highest BCUT2D eigenvalue weighted by molar-refractivity contribution is 6.01. The van der Waals surface area contributed by atoms with E-state index in [2.05, 4.69) is 79.4 Å². The van der Waals surface area contributed by atoms with Crippen LogP contribution in [0.2, 0.25) is 0 Å². The number of amides is 14. The zero-order valence-corrected chi connectivity index (χ0v) is 72.9. The molecule has 41 heteroatoms. The van der Waals surface area contributed by atoms with Gasteiger partial charge in [-0.3, -0.25) is 77.3 Å². The highest BCUT2D eigenvalue weighted by Gasteiger charge is 2.41. The van der Waals surface area contributed by atoms with E-state index in [0.717, 1.165) is 23.4 Å². The van der Waals surface area contributed by atoms with E-state index in [4.69, 9.17) is 22.6 Å². The second kappa shape index (κ2) is 51.8. The lowest BCUT2D eigenvalue weighted by atomic mass is 9.99. The molecule has 14 amide bonds. The fourth-order valence-corrected chi connectivity index (χ4v) is 14.0. The van der Waals surface area contributed by atoms with Gasteiger partial charge in [0.15, 0.2) is 5.96 Å². The molecule has 0 spiro atoms. The number of aliphatic carboxylic acids is 2. The molecular formula is C85H128N20O21. The van der Waals surface area contributed by atoms with E-state index in [1.807, 2.05) is 62.4 Å². The van der Waals surface area contributed by atoms with Crippen molar-refractivity contribution in [1.82, 2.24) is 84.3 Å². The number of aliphatic hydroxyl groups is 2. The minimum atomic E-state index is -2.02. The van der Waals surface area contributed by atoms with Gasteiger partial charge in [-0.25, -0.2) is 4.79 Å². The molecule has 0 saturated carbocycles. The number of aromatic nitrogens is 1.